The van der Waals surface area contributed by atoms with Gasteiger partial charge in [0.25, 0.3) is 0 Å². The van der Waals surface area contributed by atoms with Gasteiger partial charge in [-0.25, -0.2) is 4.57 Å². The Kier molecular flexibility index (Phi) is 46.4. The normalized spacial score (nSPS) is 14.4. The Bertz CT molecular complexity index is 1200. The summed E-state index contributed by atoms with van der Waals surface area (Å²) in [6, 6.07) is -0.875. The number of hydrogen-bond acceptors (Lipinski definition) is 5. The number of hydrogen-bond donors (Lipinski definition) is 3. The van der Waals surface area contributed by atoms with E-state index in [-0.39, 0.29) is 19.1 Å². The number of nitrogens with one attached hydrogen (secondary N) is 1. The molecule has 0 aromatic heterocycles. The molecule has 0 aliphatic rings. The second-order valence-electron chi connectivity index (χ2n) is 19.9. The molecule has 0 aliphatic carbocycles. The molecule has 0 saturated heterocycles. The minimum atomic E-state index is -4.36. The van der Waals surface area contributed by atoms with E-state index in [9.17, 15) is 19.4 Å². The van der Waals surface area contributed by atoms with Crippen LogP contribution in [-0.2, 0) is 18.4 Å². The Morgan fingerprint density at radius 3 is 1.23 bits per heavy atom. The number of phosphoric ester groups is 1. The molecule has 382 valence electrons. The zero-order valence-corrected chi connectivity index (χ0v) is 44.4. The first-order chi connectivity index (χ1) is 31.5. The van der Waals surface area contributed by atoms with Crippen LogP contribution in [0.5, 0.6) is 0 Å². The van der Waals surface area contributed by atoms with Gasteiger partial charge in [0.2, 0.25) is 5.91 Å². The molecule has 0 saturated carbocycles. The molecule has 3 unspecified atom stereocenters. The third-order valence-corrected chi connectivity index (χ3v) is 13.2. The number of likely N-dealkylation sites (N-methyl/N-ethyl adjacent to an activating group) is 1. The van der Waals surface area contributed by atoms with Crippen LogP contribution < -0.4 is 5.32 Å². The minimum Gasteiger partial charge on any atom is -0.387 e. The monoisotopic (exact) mass is 936 g/mol. The number of aliphatic hydroxyl groups excluding tert-OH is 1. The molecule has 3 N–H and O–H groups in total. The number of phosphoric acid groups is 1. The van der Waals surface area contributed by atoms with Gasteiger partial charge in [0.15, 0.2) is 0 Å². The predicted molar refractivity (Wildman–Crippen MR) is 281 cm³/mol. The van der Waals surface area contributed by atoms with Gasteiger partial charge in [0, 0.05) is 6.42 Å². The van der Waals surface area contributed by atoms with Crippen LogP contribution in [0.15, 0.2) is 48.6 Å². The van der Waals surface area contributed by atoms with Crippen LogP contribution in [0, 0.1) is 0 Å². The summed E-state index contributed by atoms with van der Waals surface area (Å²) in [6.45, 7) is 4.79. The van der Waals surface area contributed by atoms with Crippen molar-refractivity contribution >= 4 is 13.7 Å². The standard InChI is InChI=1S/C56H107N2O6P/c1-6-8-10-12-14-16-18-20-22-24-25-26-27-28-29-30-31-32-33-34-35-37-39-41-43-45-47-49-55(59)54(53-64-65(61,62)63-52-51-58(3,4)5)57-56(60)50-48-46-44-42-40-38-36-23-21-19-17-15-13-11-9-7-2/h23,33-34,36,39,41,47,49,54-55,59H,6-22,24-32,35,37-38,40,42-46,48,50-53H2,1-5H3,(H-,57,60,61,62)/p+1/b34-33+,36-23-,41-39+,49-47+. The molecule has 65 heavy (non-hydrogen) atoms. The fourth-order valence-corrected chi connectivity index (χ4v) is 8.63. The summed E-state index contributed by atoms with van der Waals surface area (Å²) >= 11 is 0. The maximum Gasteiger partial charge on any atom is 0.472 e. The molecule has 0 fully saturated rings. The first-order valence-electron chi connectivity index (χ1n) is 27.5. The number of amides is 1. The zero-order valence-electron chi connectivity index (χ0n) is 43.5. The highest BCUT2D eigenvalue weighted by Crippen LogP contribution is 2.43. The molecule has 8 nitrogen and oxygen atoms in total. The Balaban J connectivity index is 4.30. The smallest absolute Gasteiger partial charge is 0.387 e. The number of aliphatic hydroxyl groups is 1. The lowest BCUT2D eigenvalue weighted by Gasteiger charge is -2.25. The molecule has 0 bridgehead atoms. The van der Waals surface area contributed by atoms with Crippen LogP contribution >= 0.6 is 7.82 Å². The van der Waals surface area contributed by atoms with E-state index in [1.54, 1.807) is 6.08 Å². The van der Waals surface area contributed by atoms with Gasteiger partial charge in [0.05, 0.1) is 39.9 Å². The molecule has 0 aromatic carbocycles. The number of carbonyl (C=O) groups excluding carboxylic acids is 1. The third-order valence-electron chi connectivity index (χ3n) is 12.2. The predicted octanol–water partition coefficient (Wildman–Crippen LogP) is 16.4. The van der Waals surface area contributed by atoms with Crippen molar-refractivity contribution in [1.82, 2.24) is 5.32 Å². The van der Waals surface area contributed by atoms with Crippen molar-refractivity contribution in [2.45, 2.75) is 264 Å². The number of allylic oxidation sites excluding steroid dienone is 7. The number of rotatable bonds is 50. The molecule has 3 atom stereocenters. The second kappa shape index (κ2) is 47.5. The average molecular weight is 936 g/mol. The van der Waals surface area contributed by atoms with Gasteiger partial charge in [-0.3, -0.25) is 13.8 Å². The summed E-state index contributed by atoms with van der Waals surface area (Å²) in [7, 11) is 1.54. The number of unbranched alkanes of at least 4 members (excludes halogenated alkanes) is 31. The molecule has 0 radical (unpaired) electrons. The van der Waals surface area contributed by atoms with Gasteiger partial charge >= 0.3 is 7.82 Å². The van der Waals surface area contributed by atoms with Crippen molar-refractivity contribution in [3.63, 3.8) is 0 Å². The SMILES string of the molecule is CCCCCCCCC/C=C\CCCCCCCC(=O)NC(COP(=O)(O)OCC[N+](C)(C)C)C(O)/C=C/CC/C=C/CC/C=C/CCCCCCCCCCCCCCCCCCC. The summed E-state index contributed by atoms with van der Waals surface area (Å²) in [5.41, 5.74) is 0. The van der Waals surface area contributed by atoms with Crippen molar-refractivity contribution in [3.05, 3.63) is 48.6 Å². The van der Waals surface area contributed by atoms with Crippen LogP contribution in [0.2, 0.25) is 0 Å². The quantitative estimate of drug-likeness (QED) is 0.0243. The van der Waals surface area contributed by atoms with Crippen molar-refractivity contribution in [3.8, 4) is 0 Å². The highest BCUT2D eigenvalue weighted by molar-refractivity contribution is 7.47. The van der Waals surface area contributed by atoms with E-state index in [2.05, 4.69) is 55.6 Å². The van der Waals surface area contributed by atoms with Crippen LogP contribution in [0.3, 0.4) is 0 Å². The highest BCUT2D eigenvalue weighted by atomic mass is 31.2. The molecule has 0 aliphatic heterocycles. The number of carbonyl (C=O) groups is 1. The molecule has 1 amide bonds. The topological polar surface area (TPSA) is 105 Å². The average Bonchev–Trinajstić information content (AvgIpc) is 3.26. The lowest BCUT2D eigenvalue weighted by molar-refractivity contribution is -0.870. The first kappa shape index (κ1) is 63.5. The Labute approximate surface area is 403 Å². The molecular weight excluding hydrogens is 828 g/mol. The van der Waals surface area contributed by atoms with Crippen molar-refractivity contribution in [1.29, 1.82) is 0 Å². The van der Waals surface area contributed by atoms with Crippen LogP contribution in [0.4, 0.5) is 0 Å². The first-order valence-corrected chi connectivity index (χ1v) is 29.0. The van der Waals surface area contributed by atoms with Crippen LogP contribution in [0.1, 0.15) is 251 Å². The van der Waals surface area contributed by atoms with Crippen molar-refractivity contribution < 1.29 is 32.9 Å². The summed E-state index contributed by atoms with van der Waals surface area (Å²) in [5.74, 6) is -0.199. The van der Waals surface area contributed by atoms with Crippen molar-refractivity contribution in [2.75, 3.05) is 40.9 Å². The lowest BCUT2D eigenvalue weighted by atomic mass is 10.0. The van der Waals surface area contributed by atoms with Gasteiger partial charge in [-0.1, -0.05) is 223 Å². The van der Waals surface area contributed by atoms with Crippen LogP contribution in [-0.4, -0.2) is 73.4 Å². The van der Waals surface area contributed by atoms with Crippen LogP contribution in [0.25, 0.3) is 0 Å². The third kappa shape index (κ3) is 50.2. The van der Waals surface area contributed by atoms with E-state index in [4.69, 9.17) is 9.05 Å². The summed E-state index contributed by atoms with van der Waals surface area (Å²) in [5, 5.41) is 13.9. The number of quaternary nitrogens is 1. The van der Waals surface area contributed by atoms with Gasteiger partial charge in [-0.05, 0) is 70.6 Å². The maximum atomic E-state index is 12.9. The lowest BCUT2D eigenvalue weighted by Crippen LogP contribution is -2.45. The van der Waals surface area contributed by atoms with E-state index in [1.807, 2.05) is 27.2 Å². The van der Waals surface area contributed by atoms with Gasteiger partial charge < -0.3 is 19.8 Å². The molecule has 0 spiro atoms. The van der Waals surface area contributed by atoms with Gasteiger partial charge in [-0.15, -0.1) is 0 Å². The van der Waals surface area contributed by atoms with Gasteiger partial charge in [0.1, 0.15) is 13.2 Å². The largest absolute Gasteiger partial charge is 0.472 e. The zero-order chi connectivity index (χ0) is 47.8. The van der Waals surface area contributed by atoms with E-state index in [1.165, 1.54) is 173 Å². The molecule has 9 heteroatoms. The van der Waals surface area contributed by atoms with E-state index in [0.717, 1.165) is 57.8 Å². The molecule has 0 heterocycles. The fraction of sp³-hybridized carbons (Fsp3) is 0.839. The second-order valence-corrected chi connectivity index (χ2v) is 21.4. The Morgan fingerprint density at radius 1 is 0.508 bits per heavy atom. The Morgan fingerprint density at radius 2 is 0.846 bits per heavy atom. The summed E-state index contributed by atoms with van der Waals surface area (Å²) < 4.78 is 23.6. The maximum absolute atomic E-state index is 12.9. The molecule has 0 rings (SSSR count). The minimum absolute atomic E-state index is 0.0513. The van der Waals surface area contributed by atoms with Gasteiger partial charge in [-0.2, -0.15) is 0 Å². The number of nitrogens with zero attached hydrogens (tertiary/aromatic N) is 1. The van der Waals surface area contributed by atoms with E-state index >= 15 is 0 Å². The summed E-state index contributed by atoms with van der Waals surface area (Å²) in [6.07, 6.45) is 62.2. The fourth-order valence-electron chi connectivity index (χ4n) is 7.89. The Hall–Kier alpha value is -1.54. The van der Waals surface area contributed by atoms with Crippen molar-refractivity contribution in [2.24, 2.45) is 0 Å². The molecule has 0 aromatic rings. The molecular formula is C56H108N2O6P+. The highest BCUT2D eigenvalue weighted by Gasteiger charge is 2.27. The summed E-state index contributed by atoms with van der Waals surface area (Å²) in [4.78, 5) is 23.2. The van der Waals surface area contributed by atoms with E-state index in [0.29, 0.717) is 17.4 Å². The van der Waals surface area contributed by atoms with E-state index < -0.39 is 20.0 Å².